The molecule has 0 aliphatic heterocycles. The van der Waals surface area contributed by atoms with Crippen LogP contribution in [0.3, 0.4) is 0 Å². The second-order valence-electron chi connectivity index (χ2n) is 5.84. The van der Waals surface area contributed by atoms with Crippen LogP contribution in [-0.2, 0) is 5.54 Å². The van der Waals surface area contributed by atoms with Gasteiger partial charge in [0.2, 0.25) is 0 Å². The normalized spacial score (nSPS) is 25.8. The van der Waals surface area contributed by atoms with Crippen molar-refractivity contribution in [2.45, 2.75) is 38.1 Å². The van der Waals surface area contributed by atoms with Crippen LogP contribution in [0.2, 0.25) is 0 Å². The Kier molecular flexibility index (Phi) is 3.63. The lowest BCUT2D eigenvalue weighted by Crippen LogP contribution is -2.41. The van der Waals surface area contributed by atoms with E-state index in [4.69, 9.17) is 15.0 Å². The third kappa shape index (κ3) is 2.63. The summed E-state index contributed by atoms with van der Waals surface area (Å²) in [6.45, 7) is 2.25. The summed E-state index contributed by atoms with van der Waals surface area (Å²) in [5, 5.41) is 4.10. The lowest BCUT2D eigenvalue weighted by atomic mass is 9.77. The number of methoxy groups -OCH3 is 1. The van der Waals surface area contributed by atoms with Crippen molar-refractivity contribution in [1.82, 2.24) is 15.1 Å². The first-order valence-corrected chi connectivity index (χ1v) is 7.24. The Labute approximate surface area is 123 Å². The molecule has 1 saturated carbocycles. The molecule has 3 rings (SSSR count). The number of aromatic nitrogens is 3. The van der Waals surface area contributed by atoms with E-state index in [0.717, 1.165) is 31.2 Å². The number of pyridine rings is 1. The van der Waals surface area contributed by atoms with Crippen molar-refractivity contribution < 1.29 is 9.26 Å². The van der Waals surface area contributed by atoms with Crippen molar-refractivity contribution in [3.63, 3.8) is 0 Å². The summed E-state index contributed by atoms with van der Waals surface area (Å²) < 4.78 is 10.7. The first kappa shape index (κ1) is 14.0. The van der Waals surface area contributed by atoms with Crippen molar-refractivity contribution in [2.24, 2.45) is 11.7 Å². The number of nitrogens with zero attached hydrogens (tertiary/aromatic N) is 3. The van der Waals surface area contributed by atoms with Gasteiger partial charge in [0, 0.05) is 6.20 Å². The highest BCUT2D eigenvalue weighted by Crippen LogP contribution is 2.37. The summed E-state index contributed by atoms with van der Waals surface area (Å²) in [6.07, 6.45) is 7.26. The highest BCUT2D eigenvalue weighted by molar-refractivity contribution is 5.61. The summed E-state index contributed by atoms with van der Waals surface area (Å²) in [5.74, 6) is 2.33. The van der Waals surface area contributed by atoms with E-state index < -0.39 is 5.54 Å². The molecular formula is C15H20N4O2. The van der Waals surface area contributed by atoms with E-state index in [-0.39, 0.29) is 0 Å². The SMILES string of the molecule is COc1cnccc1-c1nc(C2(N)CCC(C)CC2)no1. The fraction of sp³-hybridized carbons (Fsp3) is 0.533. The monoisotopic (exact) mass is 288 g/mol. The van der Waals surface area contributed by atoms with Gasteiger partial charge in [-0.3, -0.25) is 4.98 Å². The summed E-state index contributed by atoms with van der Waals surface area (Å²) in [6, 6.07) is 1.79. The molecule has 2 heterocycles. The van der Waals surface area contributed by atoms with Crippen molar-refractivity contribution in [1.29, 1.82) is 0 Å². The minimum absolute atomic E-state index is 0.424. The molecule has 0 atom stereocenters. The maximum absolute atomic E-state index is 6.48. The van der Waals surface area contributed by atoms with E-state index in [1.165, 1.54) is 0 Å². The molecule has 2 aromatic heterocycles. The first-order valence-electron chi connectivity index (χ1n) is 7.24. The topological polar surface area (TPSA) is 87.1 Å². The van der Waals surface area contributed by atoms with Gasteiger partial charge < -0.3 is 15.0 Å². The van der Waals surface area contributed by atoms with Crippen LogP contribution >= 0.6 is 0 Å². The zero-order valence-corrected chi connectivity index (χ0v) is 12.4. The Bertz CT molecular complexity index is 618. The number of hydrogen-bond donors (Lipinski definition) is 1. The van der Waals surface area contributed by atoms with E-state index in [2.05, 4.69) is 22.0 Å². The van der Waals surface area contributed by atoms with Gasteiger partial charge in [0.1, 0.15) is 5.75 Å². The quantitative estimate of drug-likeness (QED) is 0.933. The van der Waals surface area contributed by atoms with Crippen LogP contribution in [0, 0.1) is 5.92 Å². The highest BCUT2D eigenvalue weighted by Gasteiger charge is 2.36. The van der Waals surface area contributed by atoms with Gasteiger partial charge in [-0.05, 0) is 37.7 Å². The fourth-order valence-corrected chi connectivity index (χ4v) is 2.76. The van der Waals surface area contributed by atoms with Gasteiger partial charge >= 0.3 is 0 Å². The molecule has 6 heteroatoms. The molecule has 0 aromatic carbocycles. The number of ether oxygens (including phenoxy) is 1. The van der Waals surface area contributed by atoms with Gasteiger partial charge in [-0.25, -0.2) is 0 Å². The van der Waals surface area contributed by atoms with Crippen molar-refractivity contribution in [3.05, 3.63) is 24.3 Å². The van der Waals surface area contributed by atoms with Gasteiger partial charge in [0.15, 0.2) is 5.82 Å². The van der Waals surface area contributed by atoms with Crippen LogP contribution in [0.25, 0.3) is 11.5 Å². The maximum Gasteiger partial charge on any atom is 0.261 e. The summed E-state index contributed by atoms with van der Waals surface area (Å²) in [5.41, 5.74) is 6.73. The van der Waals surface area contributed by atoms with Gasteiger partial charge in [-0.15, -0.1) is 0 Å². The van der Waals surface area contributed by atoms with Crippen LogP contribution in [0.4, 0.5) is 0 Å². The third-order valence-corrected chi connectivity index (χ3v) is 4.27. The minimum Gasteiger partial charge on any atom is -0.494 e. The Morgan fingerprint density at radius 1 is 1.38 bits per heavy atom. The van der Waals surface area contributed by atoms with E-state index in [0.29, 0.717) is 23.4 Å². The molecule has 1 aliphatic rings. The lowest BCUT2D eigenvalue weighted by molar-refractivity contribution is 0.230. The smallest absolute Gasteiger partial charge is 0.261 e. The molecule has 1 aliphatic carbocycles. The molecule has 21 heavy (non-hydrogen) atoms. The fourth-order valence-electron chi connectivity index (χ4n) is 2.76. The lowest BCUT2D eigenvalue weighted by Gasteiger charge is -2.33. The molecule has 0 amide bonds. The zero-order valence-electron chi connectivity index (χ0n) is 12.4. The van der Waals surface area contributed by atoms with Crippen LogP contribution in [-0.4, -0.2) is 22.2 Å². The molecule has 0 unspecified atom stereocenters. The molecule has 0 saturated heterocycles. The molecule has 2 N–H and O–H groups in total. The maximum atomic E-state index is 6.48. The molecule has 2 aromatic rings. The Morgan fingerprint density at radius 2 is 2.14 bits per heavy atom. The Morgan fingerprint density at radius 3 is 2.86 bits per heavy atom. The third-order valence-electron chi connectivity index (χ3n) is 4.27. The van der Waals surface area contributed by atoms with Crippen molar-refractivity contribution >= 4 is 0 Å². The van der Waals surface area contributed by atoms with E-state index in [9.17, 15) is 0 Å². The first-order chi connectivity index (χ1) is 10.1. The number of rotatable bonds is 3. The Hall–Kier alpha value is -1.95. The van der Waals surface area contributed by atoms with Gasteiger partial charge in [-0.1, -0.05) is 12.1 Å². The predicted molar refractivity (Wildman–Crippen MR) is 77.6 cm³/mol. The molecule has 0 bridgehead atoms. The highest BCUT2D eigenvalue weighted by atomic mass is 16.5. The summed E-state index contributed by atoms with van der Waals surface area (Å²) in [7, 11) is 1.59. The van der Waals surface area contributed by atoms with Crippen LogP contribution in [0.5, 0.6) is 5.75 Å². The zero-order chi connectivity index (χ0) is 14.9. The summed E-state index contributed by atoms with van der Waals surface area (Å²) >= 11 is 0. The average Bonchev–Trinajstić information content (AvgIpc) is 3.01. The molecule has 0 radical (unpaired) electrons. The van der Waals surface area contributed by atoms with Crippen LogP contribution in [0.1, 0.15) is 38.4 Å². The van der Waals surface area contributed by atoms with Crippen molar-refractivity contribution in [2.75, 3.05) is 7.11 Å². The summed E-state index contributed by atoms with van der Waals surface area (Å²) in [4.78, 5) is 8.52. The van der Waals surface area contributed by atoms with Crippen molar-refractivity contribution in [3.8, 4) is 17.2 Å². The predicted octanol–water partition coefficient (Wildman–Crippen LogP) is 2.50. The van der Waals surface area contributed by atoms with Crippen LogP contribution in [0.15, 0.2) is 23.0 Å². The number of hydrogen-bond acceptors (Lipinski definition) is 6. The standard InChI is InChI=1S/C15H20N4O2/c1-10-3-6-15(16,7-4-10)14-18-13(21-19-14)11-5-8-17-9-12(11)20-2/h5,8-10H,3-4,6-7,16H2,1-2H3. The molecular weight excluding hydrogens is 268 g/mol. The Balaban J connectivity index is 1.90. The van der Waals surface area contributed by atoms with Gasteiger partial charge in [-0.2, -0.15) is 4.98 Å². The average molecular weight is 288 g/mol. The molecule has 0 spiro atoms. The van der Waals surface area contributed by atoms with Gasteiger partial charge in [0.05, 0.1) is 24.4 Å². The van der Waals surface area contributed by atoms with E-state index >= 15 is 0 Å². The minimum atomic E-state index is -0.478. The molecule has 1 fully saturated rings. The largest absolute Gasteiger partial charge is 0.494 e. The van der Waals surface area contributed by atoms with E-state index in [1.807, 2.05) is 0 Å². The number of nitrogens with two attached hydrogens (primary N) is 1. The second kappa shape index (κ2) is 5.44. The molecule has 112 valence electrons. The van der Waals surface area contributed by atoms with Crippen LogP contribution < -0.4 is 10.5 Å². The molecule has 6 nitrogen and oxygen atoms in total. The van der Waals surface area contributed by atoms with Gasteiger partial charge in [0.25, 0.3) is 5.89 Å². The second-order valence-corrected chi connectivity index (χ2v) is 5.84. The van der Waals surface area contributed by atoms with E-state index in [1.54, 1.807) is 25.6 Å².